The van der Waals surface area contributed by atoms with Crippen molar-refractivity contribution in [3.05, 3.63) is 33.8 Å². The number of carboxylic acid groups (broad SMARTS) is 1. The van der Waals surface area contributed by atoms with Gasteiger partial charge in [0.25, 0.3) is 0 Å². The molecule has 0 unspecified atom stereocenters. The van der Waals surface area contributed by atoms with Crippen molar-refractivity contribution in [2.75, 3.05) is 47.1 Å². The van der Waals surface area contributed by atoms with E-state index in [9.17, 15) is 9.59 Å². The molecule has 9 heteroatoms. The molecule has 0 saturated carbocycles. The van der Waals surface area contributed by atoms with Crippen molar-refractivity contribution < 1.29 is 24.2 Å². The monoisotopic (exact) mass is 394 g/mol. The number of urea groups is 1. The predicted molar refractivity (Wildman–Crippen MR) is 97.6 cm³/mol. The lowest BCUT2D eigenvalue weighted by atomic mass is 10.2. The highest BCUT2D eigenvalue weighted by Crippen LogP contribution is 2.19. The fraction of sp³-hybridized carbons (Fsp3) is 0.500. The van der Waals surface area contributed by atoms with E-state index in [0.717, 1.165) is 10.6 Å². The predicted octanol–water partition coefficient (Wildman–Crippen LogP) is 2.68. The molecule has 142 valence electrons. The number of halogens is 2. The summed E-state index contributed by atoms with van der Waals surface area (Å²) >= 11 is 11.4. The van der Waals surface area contributed by atoms with Gasteiger partial charge in [-0.05, 0) is 24.6 Å². The van der Waals surface area contributed by atoms with Crippen LogP contribution in [0.4, 0.5) is 4.79 Å². The first kappa shape index (κ1) is 23.5. The van der Waals surface area contributed by atoms with E-state index in [4.69, 9.17) is 37.8 Å². The average Bonchev–Trinajstić information content (AvgIpc) is 2.57. The van der Waals surface area contributed by atoms with Crippen molar-refractivity contribution in [1.82, 2.24) is 10.2 Å². The number of hydrogen-bond donors (Lipinski definition) is 2. The molecule has 0 spiro atoms. The number of carboxylic acids is 1. The van der Waals surface area contributed by atoms with E-state index >= 15 is 0 Å². The van der Waals surface area contributed by atoms with Crippen LogP contribution in [0.2, 0.25) is 10.0 Å². The van der Waals surface area contributed by atoms with Crippen molar-refractivity contribution in [2.24, 2.45) is 0 Å². The molecule has 0 aliphatic rings. The van der Waals surface area contributed by atoms with Gasteiger partial charge >= 0.3 is 12.0 Å². The van der Waals surface area contributed by atoms with E-state index in [1.807, 2.05) is 19.1 Å². The van der Waals surface area contributed by atoms with Crippen LogP contribution in [-0.4, -0.2) is 69.1 Å². The molecule has 0 aliphatic carbocycles. The fourth-order valence-corrected chi connectivity index (χ4v) is 1.96. The normalized spacial score (nSPS) is 9.80. The molecule has 25 heavy (non-hydrogen) atoms. The molecule has 7 nitrogen and oxygen atoms in total. The number of amides is 2. The molecule has 1 aromatic carbocycles. The number of carbonyl (C=O) groups excluding carboxylic acids is 1. The van der Waals surface area contributed by atoms with Crippen LogP contribution >= 0.6 is 23.2 Å². The zero-order valence-electron chi connectivity index (χ0n) is 14.6. The van der Waals surface area contributed by atoms with Crippen LogP contribution in [0.25, 0.3) is 0 Å². The van der Waals surface area contributed by atoms with Crippen molar-refractivity contribution in [3.8, 4) is 0 Å². The van der Waals surface area contributed by atoms with Crippen molar-refractivity contribution in [2.45, 2.75) is 6.92 Å². The van der Waals surface area contributed by atoms with Crippen molar-refractivity contribution >= 4 is 35.2 Å². The number of rotatable bonds is 8. The second-order valence-corrected chi connectivity index (χ2v) is 5.76. The molecular formula is C16H24Cl2N2O5. The Kier molecular flexibility index (Phi) is 12.9. The molecule has 0 radical (unpaired) electrons. The first-order chi connectivity index (χ1) is 11.8. The van der Waals surface area contributed by atoms with E-state index in [0.29, 0.717) is 31.3 Å². The zero-order chi connectivity index (χ0) is 19.2. The Morgan fingerprint density at radius 3 is 2.12 bits per heavy atom. The molecule has 1 rings (SSSR count). The van der Waals surface area contributed by atoms with Gasteiger partial charge in [-0.3, -0.25) is 4.79 Å². The van der Waals surface area contributed by atoms with Gasteiger partial charge in [-0.15, -0.1) is 0 Å². The Balaban J connectivity index is 0.000000535. The van der Waals surface area contributed by atoms with E-state index in [-0.39, 0.29) is 0 Å². The first-order valence-corrected chi connectivity index (χ1v) is 8.21. The van der Waals surface area contributed by atoms with Gasteiger partial charge < -0.3 is 24.8 Å². The third-order valence-electron chi connectivity index (χ3n) is 2.94. The standard InChI is InChI=1S/C9H18N2O5.C7H6Cl2/c1-15-5-3-11(4-6-16-2)9(14)10-7-8(12)13;1-5-2-3-6(8)4-7(5)9/h3-7H2,1-2H3,(H,10,14)(H,12,13);2-4H,1H3. The maximum absolute atomic E-state index is 11.5. The highest BCUT2D eigenvalue weighted by molar-refractivity contribution is 6.35. The van der Waals surface area contributed by atoms with E-state index in [1.165, 1.54) is 19.1 Å². The molecule has 0 aliphatic heterocycles. The number of benzene rings is 1. The number of hydrogen-bond acceptors (Lipinski definition) is 4. The molecule has 0 bridgehead atoms. The van der Waals surface area contributed by atoms with Gasteiger partial charge in [-0.25, -0.2) is 4.79 Å². The van der Waals surface area contributed by atoms with Crippen LogP contribution in [-0.2, 0) is 14.3 Å². The Bertz CT molecular complexity index is 535. The van der Waals surface area contributed by atoms with E-state index in [2.05, 4.69) is 5.32 Å². The van der Waals surface area contributed by atoms with Crippen LogP contribution < -0.4 is 5.32 Å². The SMILES string of the molecule is COCCN(CCOC)C(=O)NCC(=O)O.Cc1ccc(Cl)cc1Cl. The number of carbonyl (C=O) groups is 2. The summed E-state index contributed by atoms with van der Waals surface area (Å²) in [5.74, 6) is -1.08. The quantitative estimate of drug-likeness (QED) is 0.707. The largest absolute Gasteiger partial charge is 0.480 e. The number of nitrogens with zero attached hydrogens (tertiary/aromatic N) is 1. The van der Waals surface area contributed by atoms with Crippen LogP contribution in [0.1, 0.15) is 5.56 Å². The molecule has 0 heterocycles. The maximum Gasteiger partial charge on any atom is 0.323 e. The van der Waals surface area contributed by atoms with Gasteiger partial charge in [-0.2, -0.15) is 0 Å². The molecule has 0 saturated heterocycles. The summed E-state index contributed by atoms with van der Waals surface area (Å²) in [4.78, 5) is 23.2. The summed E-state index contributed by atoms with van der Waals surface area (Å²) in [6.45, 7) is 3.12. The Labute approximate surface area is 157 Å². The van der Waals surface area contributed by atoms with Crippen LogP contribution in [0.5, 0.6) is 0 Å². The third kappa shape index (κ3) is 11.6. The molecule has 2 N–H and O–H groups in total. The molecule has 1 aromatic rings. The molecule has 0 fully saturated rings. The summed E-state index contributed by atoms with van der Waals surface area (Å²) in [7, 11) is 3.06. The molecular weight excluding hydrogens is 371 g/mol. The second kappa shape index (κ2) is 13.7. The van der Waals surface area contributed by atoms with E-state index < -0.39 is 18.5 Å². The fourth-order valence-electron chi connectivity index (χ4n) is 1.55. The summed E-state index contributed by atoms with van der Waals surface area (Å²) in [6, 6.07) is 5.02. The van der Waals surface area contributed by atoms with Gasteiger partial charge in [0.1, 0.15) is 6.54 Å². The maximum atomic E-state index is 11.5. The minimum absolute atomic E-state index is 0.393. The third-order valence-corrected chi connectivity index (χ3v) is 3.58. The minimum atomic E-state index is -1.08. The molecule has 0 aromatic heterocycles. The lowest BCUT2D eigenvalue weighted by Gasteiger charge is -2.21. The Hall–Kier alpha value is -1.54. The van der Waals surface area contributed by atoms with Crippen molar-refractivity contribution in [3.63, 3.8) is 0 Å². The molecule has 2 amide bonds. The topological polar surface area (TPSA) is 88.1 Å². The summed E-state index contributed by atoms with van der Waals surface area (Å²) in [6.07, 6.45) is 0. The van der Waals surface area contributed by atoms with Gasteiger partial charge in [0, 0.05) is 37.4 Å². The summed E-state index contributed by atoms with van der Waals surface area (Å²) in [5, 5.41) is 12.1. The lowest BCUT2D eigenvalue weighted by molar-refractivity contribution is -0.135. The lowest BCUT2D eigenvalue weighted by Crippen LogP contribution is -2.44. The summed E-state index contributed by atoms with van der Waals surface area (Å²) < 4.78 is 9.70. The number of methoxy groups -OCH3 is 2. The van der Waals surface area contributed by atoms with E-state index in [1.54, 1.807) is 6.07 Å². The van der Waals surface area contributed by atoms with Crippen LogP contribution in [0.3, 0.4) is 0 Å². The van der Waals surface area contributed by atoms with Crippen molar-refractivity contribution in [1.29, 1.82) is 0 Å². The number of aliphatic carboxylic acids is 1. The minimum Gasteiger partial charge on any atom is -0.480 e. The average molecular weight is 395 g/mol. The number of aryl methyl sites for hydroxylation is 1. The van der Waals surface area contributed by atoms with Crippen LogP contribution in [0, 0.1) is 6.92 Å². The van der Waals surface area contributed by atoms with Gasteiger partial charge in [0.15, 0.2) is 0 Å². The second-order valence-electron chi connectivity index (χ2n) is 4.92. The Morgan fingerprint density at radius 2 is 1.72 bits per heavy atom. The number of ether oxygens (including phenoxy) is 2. The Morgan fingerprint density at radius 1 is 1.16 bits per heavy atom. The van der Waals surface area contributed by atoms with Gasteiger partial charge in [0.2, 0.25) is 0 Å². The smallest absolute Gasteiger partial charge is 0.323 e. The van der Waals surface area contributed by atoms with Gasteiger partial charge in [0.05, 0.1) is 13.2 Å². The van der Waals surface area contributed by atoms with Gasteiger partial charge in [-0.1, -0.05) is 29.3 Å². The summed E-state index contributed by atoms with van der Waals surface area (Å²) in [5.41, 5.74) is 1.06. The number of nitrogens with one attached hydrogen (secondary N) is 1. The highest BCUT2D eigenvalue weighted by Gasteiger charge is 2.13. The zero-order valence-corrected chi connectivity index (χ0v) is 16.1. The highest BCUT2D eigenvalue weighted by atomic mass is 35.5. The first-order valence-electron chi connectivity index (χ1n) is 7.45. The molecule has 0 atom stereocenters. The van der Waals surface area contributed by atoms with Crippen LogP contribution in [0.15, 0.2) is 18.2 Å².